The summed E-state index contributed by atoms with van der Waals surface area (Å²) in [6.45, 7) is 4.86. The van der Waals surface area contributed by atoms with Gasteiger partial charge in [-0.15, -0.1) is 11.3 Å². The zero-order chi connectivity index (χ0) is 17.6. The largest absolute Gasteiger partial charge is 0.507 e. The maximum absolute atomic E-state index is 12.0. The molecule has 1 fully saturated rings. The number of nitrogens with one attached hydrogen (secondary N) is 1. The lowest BCUT2D eigenvalue weighted by molar-refractivity contribution is -0.121. The highest BCUT2D eigenvalue weighted by atomic mass is 32.1. The fraction of sp³-hybridized carbons (Fsp3) is 0.444. The Hall–Kier alpha value is -1.96. The second-order valence-corrected chi connectivity index (χ2v) is 7.21. The fourth-order valence-corrected chi connectivity index (χ4v) is 4.00. The van der Waals surface area contributed by atoms with Crippen LogP contribution in [0.5, 0.6) is 5.75 Å². The smallest absolute Gasteiger partial charge is 0.220 e. The molecule has 0 radical (unpaired) electrons. The van der Waals surface area contributed by atoms with Crippen LogP contribution in [0.2, 0.25) is 0 Å². The lowest BCUT2D eigenvalue weighted by Gasteiger charge is -2.26. The lowest BCUT2D eigenvalue weighted by atomic mass is 10.1. The van der Waals surface area contributed by atoms with Gasteiger partial charge in [-0.05, 0) is 24.6 Å². The normalized spacial score (nSPS) is 15.4. The van der Waals surface area contributed by atoms with Gasteiger partial charge in [-0.2, -0.15) is 0 Å². The highest BCUT2D eigenvalue weighted by Gasteiger charge is 2.12. The van der Waals surface area contributed by atoms with Crippen molar-refractivity contribution in [1.82, 2.24) is 10.2 Å². The average Bonchev–Trinajstić information content (AvgIpc) is 3.04. The van der Waals surface area contributed by atoms with Crippen molar-refractivity contribution in [3.63, 3.8) is 0 Å². The molecule has 3 rings (SSSR count). The summed E-state index contributed by atoms with van der Waals surface area (Å²) in [7, 11) is 0. The van der Waals surface area contributed by atoms with Crippen molar-refractivity contribution in [2.24, 2.45) is 0 Å². The molecule has 1 amide bonds. The summed E-state index contributed by atoms with van der Waals surface area (Å²) < 4.78 is 6.25. The molecule has 6 nitrogen and oxygen atoms in total. The second-order valence-electron chi connectivity index (χ2n) is 6.04. The Balaban J connectivity index is 1.48. The summed E-state index contributed by atoms with van der Waals surface area (Å²) >= 11 is 1.55. The van der Waals surface area contributed by atoms with E-state index < -0.39 is 0 Å². The van der Waals surface area contributed by atoms with Gasteiger partial charge in [-0.25, -0.2) is 0 Å². The number of hydrogen-bond acceptors (Lipinski definition) is 6. The van der Waals surface area contributed by atoms with Crippen molar-refractivity contribution in [3.05, 3.63) is 28.6 Å². The number of ether oxygens (including phenoxy) is 1. The molecule has 1 aromatic carbocycles. The van der Waals surface area contributed by atoms with Gasteiger partial charge in [0.15, 0.2) is 6.29 Å². The molecule has 0 atom stereocenters. The molecule has 134 valence electrons. The van der Waals surface area contributed by atoms with Crippen LogP contribution in [0, 0.1) is 0 Å². The predicted octanol–water partition coefficient (Wildman–Crippen LogP) is 1.80. The van der Waals surface area contributed by atoms with Crippen LogP contribution in [0.15, 0.2) is 18.2 Å². The quantitative estimate of drug-likeness (QED) is 0.735. The molecule has 2 N–H and O–H groups in total. The van der Waals surface area contributed by atoms with Gasteiger partial charge in [0.1, 0.15) is 5.75 Å². The fourth-order valence-electron chi connectivity index (χ4n) is 2.92. The third-order valence-electron chi connectivity index (χ3n) is 4.34. The average molecular weight is 362 g/mol. The van der Waals surface area contributed by atoms with Crippen LogP contribution in [0.3, 0.4) is 0 Å². The molecule has 0 saturated carbocycles. The first kappa shape index (κ1) is 17.8. The van der Waals surface area contributed by atoms with E-state index in [-0.39, 0.29) is 11.7 Å². The molecule has 1 aromatic heterocycles. The summed E-state index contributed by atoms with van der Waals surface area (Å²) in [5, 5.41) is 13.4. The van der Waals surface area contributed by atoms with Crippen molar-refractivity contribution in [1.29, 1.82) is 0 Å². The van der Waals surface area contributed by atoms with E-state index in [0.29, 0.717) is 31.2 Å². The molecule has 7 heteroatoms. The predicted molar refractivity (Wildman–Crippen MR) is 97.5 cm³/mol. The van der Waals surface area contributed by atoms with E-state index in [4.69, 9.17) is 4.74 Å². The van der Waals surface area contributed by atoms with Gasteiger partial charge in [0.05, 0.1) is 18.8 Å². The SMILES string of the molecule is O=Cc1c(O)ccc2sc(CCC(=O)NCCN3CCOCC3)cc12. The minimum Gasteiger partial charge on any atom is -0.507 e. The van der Waals surface area contributed by atoms with Gasteiger partial charge in [0.2, 0.25) is 5.91 Å². The molecule has 1 saturated heterocycles. The molecular formula is C18H22N2O4S. The number of carbonyl (C=O) groups excluding carboxylic acids is 2. The summed E-state index contributed by atoms with van der Waals surface area (Å²) in [5.41, 5.74) is 0.315. The Morgan fingerprint density at radius 3 is 2.92 bits per heavy atom. The molecular weight excluding hydrogens is 340 g/mol. The number of aromatic hydroxyl groups is 1. The van der Waals surface area contributed by atoms with Crippen LogP contribution in [0.1, 0.15) is 21.7 Å². The molecule has 2 heterocycles. The number of amides is 1. The topological polar surface area (TPSA) is 78.9 Å². The third kappa shape index (κ3) is 4.56. The summed E-state index contributed by atoms with van der Waals surface area (Å²) in [6, 6.07) is 5.23. The number of thiophene rings is 1. The first-order valence-corrected chi connectivity index (χ1v) is 9.25. The van der Waals surface area contributed by atoms with Gasteiger partial charge in [0, 0.05) is 47.6 Å². The first-order valence-electron chi connectivity index (χ1n) is 8.44. The molecule has 2 aromatic rings. The van der Waals surface area contributed by atoms with E-state index in [1.807, 2.05) is 6.07 Å². The number of hydrogen-bond donors (Lipinski definition) is 2. The van der Waals surface area contributed by atoms with Crippen molar-refractivity contribution < 1.29 is 19.4 Å². The monoisotopic (exact) mass is 362 g/mol. The Kier molecular flexibility index (Phi) is 6.01. The van der Waals surface area contributed by atoms with Gasteiger partial charge >= 0.3 is 0 Å². The zero-order valence-electron chi connectivity index (χ0n) is 14.0. The maximum Gasteiger partial charge on any atom is 0.220 e. The van der Waals surface area contributed by atoms with E-state index in [2.05, 4.69) is 10.2 Å². The number of rotatable bonds is 7. The summed E-state index contributed by atoms with van der Waals surface area (Å²) in [6.07, 6.45) is 1.71. The van der Waals surface area contributed by atoms with Crippen molar-refractivity contribution in [2.75, 3.05) is 39.4 Å². The van der Waals surface area contributed by atoms with E-state index in [1.54, 1.807) is 17.4 Å². The Labute approximate surface area is 150 Å². The number of morpholine rings is 1. The first-order chi connectivity index (χ1) is 12.2. The highest BCUT2D eigenvalue weighted by molar-refractivity contribution is 7.19. The molecule has 0 unspecified atom stereocenters. The van der Waals surface area contributed by atoms with Crippen LogP contribution in [0.4, 0.5) is 0 Å². The van der Waals surface area contributed by atoms with Gasteiger partial charge in [0.25, 0.3) is 0 Å². The second kappa shape index (κ2) is 8.42. The number of aldehydes is 1. The van der Waals surface area contributed by atoms with Crippen LogP contribution in [-0.4, -0.2) is 61.6 Å². The van der Waals surface area contributed by atoms with Crippen LogP contribution in [-0.2, 0) is 16.0 Å². The minimum absolute atomic E-state index is 0.00675. The van der Waals surface area contributed by atoms with Crippen LogP contribution >= 0.6 is 11.3 Å². The van der Waals surface area contributed by atoms with Gasteiger partial charge in [-0.3, -0.25) is 14.5 Å². The molecule has 0 aliphatic carbocycles. The number of aryl methyl sites for hydroxylation is 1. The third-order valence-corrected chi connectivity index (χ3v) is 5.50. The number of fused-ring (bicyclic) bond motifs is 1. The molecule has 25 heavy (non-hydrogen) atoms. The number of phenols is 1. The highest BCUT2D eigenvalue weighted by Crippen LogP contribution is 2.32. The number of carbonyl (C=O) groups is 2. The Bertz CT molecular complexity index is 753. The van der Waals surface area contributed by atoms with Gasteiger partial charge in [-0.1, -0.05) is 0 Å². The van der Waals surface area contributed by atoms with E-state index >= 15 is 0 Å². The molecule has 0 bridgehead atoms. The zero-order valence-corrected chi connectivity index (χ0v) is 14.8. The Morgan fingerprint density at radius 1 is 1.36 bits per heavy atom. The van der Waals surface area contributed by atoms with Crippen molar-refractivity contribution >= 4 is 33.6 Å². The summed E-state index contributed by atoms with van der Waals surface area (Å²) in [4.78, 5) is 26.5. The minimum atomic E-state index is -0.00675. The number of phenolic OH excluding ortho intramolecular Hbond substituents is 1. The van der Waals surface area contributed by atoms with Crippen LogP contribution < -0.4 is 5.32 Å². The van der Waals surface area contributed by atoms with Crippen molar-refractivity contribution in [2.45, 2.75) is 12.8 Å². The standard InChI is InChI=1S/C18H22N2O4S/c21-12-15-14-11-13(25-17(14)3-2-16(15)22)1-4-18(23)19-5-6-20-7-9-24-10-8-20/h2-3,11-12,22H,1,4-10H2,(H,19,23). The van der Waals surface area contributed by atoms with E-state index in [1.165, 1.54) is 6.07 Å². The molecule has 0 spiro atoms. The summed E-state index contributed by atoms with van der Waals surface area (Å²) in [5.74, 6) is 0.0249. The van der Waals surface area contributed by atoms with Crippen LogP contribution in [0.25, 0.3) is 10.1 Å². The van der Waals surface area contributed by atoms with E-state index in [0.717, 1.165) is 47.8 Å². The Morgan fingerprint density at radius 2 is 2.16 bits per heavy atom. The van der Waals surface area contributed by atoms with E-state index in [9.17, 15) is 14.7 Å². The van der Waals surface area contributed by atoms with Gasteiger partial charge < -0.3 is 15.2 Å². The number of nitrogens with zero attached hydrogens (tertiary/aromatic N) is 1. The number of benzene rings is 1. The maximum atomic E-state index is 12.0. The molecule has 1 aliphatic heterocycles. The van der Waals surface area contributed by atoms with Crippen molar-refractivity contribution in [3.8, 4) is 5.75 Å². The molecule has 1 aliphatic rings. The lowest BCUT2D eigenvalue weighted by Crippen LogP contribution is -2.41.